The summed E-state index contributed by atoms with van der Waals surface area (Å²) in [5.41, 5.74) is 0. The topological polar surface area (TPSA) is 66.8 Å². The van der Waals surface area contributed by atoms with Crippen LogP contribution in [0.5, 0.6) is 0 Å². The molecule has 0 aliphatic heterocycles. The Morgan fingerprint density at radius 2 is 2.14 bits per heavy atom. The van der Waals surface area contributed by atoms with Gasteiger partial charge in [0, 0.05) is 19.7 Å². The van der Waals surface area contributed by atoms with Gasteiger partial charge in [0.15, 0.2) is 0 Å². The van der Waals surface area contributed by atoms with Gasteiger partial charge in [0.05, 0.1) is 6.61 Å². The van der Waals surface area contributed by atoms with Crippen LogP contribution in [0, 0.1) is 0 Å². The van der Waals surface area contributed by atoms with Crippen LogP contribution in [0.25, 0.3) is 0 Å². The molecule has 0 aromatic rings. The summed E-state index contributed by atoms with van der Waals surface area (Å²) < 4.78 is 4.86. The van der Waals surface area contributed by atoms with Gasteiger partial charge in [-0.05, 0) is 12.8 Å². The van der Waals surface area contributed by atoms with E-state index in [1.165, 1.54) is 0 Å². The standard InChI is InChI=1S/C9H15NO4/c1-14-5-4-10(7-2-3-7)8(11)6-9(12)13/h7H,2-6H2,1H3,(H,12,13). The molecule has 0 aromatic heterocycles. The second kappa shape index (κ2) is 4.95. The highest BCUT2D eigenvalue weighted by Crippen LogP contribution is 2.27. The largest absolute Gasteiger partial charge is 0.481 e. The average Bonchev–Trinajstić information content (AvgIpc) is 2.87. The van der Waals surface area contributed by atoms with E-state index in [9.17, 15) is 9.59 Å². The van der Waals surface area contributed by atoms with Crippen LogP contribution in [0.2, 0.25) is 0 Å². The van der Waals surface area contributed by atoms with E-state index in [-0.39, 0.29) is 11.9 Å². The summed E-state index contributed by atoms with van der Waals surface area (Å²) in [6.45, 7) is 0.954. The third-order valence-electron chi connectivity index (χ3n) is 2.15. The lowest BCUT2D eigenvalue weighted by Gasteiger charge is -2.20. The van der Waals surface area contributed by atoms with Gasteiger partial charge in [-0.1, -0.05) is 0 Å². The van der Waals surface area contributed by atoms with Gasteiger partial charge in [-0.25, -0.2) is 0 Å². The van der Waals surface area contributed by atoms with Crippen molar-refractivity contribution in [2.45, 2.75) is 25.3 Å². The lowest BCUT2D eigenvalue weighted by molar-refractivity contribution is -0.144. The first-order valence-corrected chi connectivity index (χ1v) is 4.65. The van der Waals surface area contributed by atoms with E-state index < -0.39 is 12.4 Å². The summed E-state index contributed by atoms with van der Waals surface area (Å²) in [5, 5.41) is 8.48. The fourth-order valence-corrected chi connectivity index (χ4v) is 1.32. The van der Waals surface area contributed by atoms with Crippen LogP contribution in [0.4, 0.5) is 0 Å². The van der Waals surface area contributed by atoms with Crippen molar-refractivity contribution >= 4 is 11.9 Å². The number of aliphatic carboxylic acids is 1. The van der Waals surface area contributed by atoms with Gasteiger partial charge in [0.25, 0.3) is 0 Å². The first-order chi connectivity index (χ1) is 6.65. The molecule has 1 fully saturated rings. The van der Waals surface area contributed by atoms with Crippen molar-refractivity contribution in [3.05, 3.63) is 0 Å². The lowest BCUT2D eigenvalue weighted by atomic mass is 10.3. The van der Waals surface area contributed by atoms with Crippen molar-refractivity contribution in [1.29, 1.82) is 0 Å². The second-order valence-electron chi connectivity index (χ2n) is 3.38. The Balaban J connectivity index is 2.40. The number of hydrogen-bond acceptors (Lipinski definition) is 3. The monoisotopic (exact) mass is 201 g/mol. The molecule has 1 amide bonds. The zero-order valence-corrected chi connectivity index (χ0v) is 8.23. The number of carboxylic acid groups (broad SMARTS) is 1. The lowest BCUT2D eigenvalue weighted by Crippen LogP contribution is -2.36. The fraction of sp³-hybridized carbons (Fsp3) is 0.778. The number of ether oxygens (including phenoxy) is 1. The van der Waals surface area contributed by atoms with Crippen molar-refractivity contribution in [2.24, 2.45) is 0 Å². The molecule has 0 unspecified atom stereocenters. The predicted octanol–water partition coefficient (Wildman–Crippen LogP) is 0.0985. The summed E-state index contributed by atoms with van der Waals surface area (Å²) in [6, 6.07) is 0.247. The Morgan fingerprint density at radius 3 is 2.57 bits per heavy atom. The number of carbonyl (C=O) groups excluding carboxylic acids is 1. The first-order valence-electron chi connectivity index (χ1n) is 4.65. The molecule has 0 bridgehead atoms. The van der Waals surface area contributed by atoms with Gasteiger partial charge < -0.3 is 14.7 Å². The molecule has 0 spiro atoms. The molecule has 1 N–H and O–H groups in total. The number of rotatable bonds is 6. The zero-order valence-electron chi connectivity index (χ0n) is 8.23. The van der Waals surface area contributed by atoms with Crippen LogP contribution in [0.15, 0.2) is 0 Å². The Labute approximate surface area is 82.6 Å². The summed E-state index contributed by atoms with van der Waals surface area (Å²) in [6.07, 6.45) is 1.55. The predicted molar refractivity (Wildman–Crippen MR) is 48.9 cm³/mol. The SMILES string of the molecule is COCCN(C(=O)CC(=O)O)C1CC1. The molecule has 14 heavy (non-hydrogen) atoms. The normalized spacial score (nSPS) is 15.2. The molecule has 80 valence electrons. The molecule has 1 rings (SSSR count). The molecule has 1 saturated carbocycles. The van der Waals surface area contributed by atoms with E-state index in [1.54, 1.807) is 12.0 Å². The number of amides is 1. The van der Waals surface area contributed by atoms with E-state index in [4.69, 9.17) is 9.84 Å². The Kier molecular flexibility index (Phi) is 3.88. The van der Waals surface area contributed by atoms with E-state index in [0.29, 0.717) is 13.2 Å². The number of nitrogens with zero attached hydrogens (tertiary/aromatic N) is 1. The van der Waals surface area contributed by atoms with Crippen molar-refractivity contribution in [1.82, 2.24) is 4.90 Å². The van der Waals surface area contributed by atoms with Crippen LogP contribution in [0.3, 0.4) is 0 Å². The molecule has 0 heterocycles. The summed E-state index contributed by atoms with van der Waals surface area (Å²) in [7, 11) is 1.56. The van der Waals surface area contributed by atoms with Crippen LogP contribution in [-0.2, 0) is 14.3 Å². The maximum absolute atomic E-state index is 11.4. The minimum Gasteiger partial charge on any atom is -0.481 e. The van der Waals surface area contributed by atoms with Gasteiger partial charge in [0.2, 0.25) is 5.91 Å². The molecule has 0 aromatic carbocycles. The van der Waals surface area contributed by atoms with Gasteiger partial charge in [0.1, 0.15) is 6.42 Å². The minimum atomic E-state index is -1.07. The summed E-state index contributed by atoms with van der Waals surface area (Å²) >= 11 is 0. The molecule has 0 radical (unpaired) electrons. The van der Waals surface area contributed by atoms with Crippen molar-refractivity contribution in [2.75, 3.05) is 20.3 Å². The van der Waals surface area contributed by atoms with E-state index >= 15 is 0 Å². The van der Waals surface area contributed by atoms with E-state index in [0.717, 1.165) is 12.8 Å². The number of carboxylic acids is 1. The van der Waals surface area contributed by atoms with Gasteiger partial charge >= 0.3 is 5.97 Å². The first kappa shape index (κ1) is 11.0. The zero-order chi connectivity index (χ0) is 10.6. The number of methoxy groups -OCH3 is 1. The summed E-state index contributed by atoms with van der Waals surface area (Å²) in [4.78, 5) is 23.4. The summed E-state index contributed by atoms with van der Waals surface area (Å²) in [5.74, 6) is -1.38. The van der Waals surface area contributed by atoms with Gasteiger partial charge in [-0.2, -0.15) is 0 Å². The minimum absolute atomic E-state index is 0.247. The van der Waals surface area contributed by atoms with E-state index in [1.807, 2.05) is 0 Å². The molecule has 1 aliphatic carbocycles. The third kappa shape index (κ3) is 3.33. The second-order valence-corrected chi connectivity index (χ2v) is 3.38. The van der Waals surface area contributed by atoms with Crippen LogP contribution < -0.4 is 0 Å². The quantitative estimate of drug-likeness (QED) is 0.619. The fourth-order valence-electron chi connectivity index (χ4n) is 1.32. The Bertz CT molecular complexity index is 225. The van der Waals surface area contributed by atoms with E-state index in [2.05, 4.69) is 0 Å². The highest BCUT2D eigenvalue weighted by molar-refractivity contribution is 5.93. The molecule has 0 saturated heterocycles. The number of hydrogen-bond donors (Lipinski definition) is 1. The molecule has 0 atom stereocenters. The van der Waals surface area contributed by atoms with Crippen molar-refractivity contribution in [3.8, 4) is 0 Å². The molecule has 5 nitrogen and oxygen atoms in total. The molecule has 1 aliphatic rings. The van der Waals surface area contributed by atoms with Gasteiger partial charge in [-0.3, -0.25) is 9.59 Å². The van der Waals surface area contributed by atoms with Crippen LogP contribution in [0.1, 0.15) is 19.3 Å². The highest BCUT2D eigenvalue weighted by Gasteiger charge is 2.32. The van der Waals surface area contributed by atoms with Crippen LogP contribution in [-0.4, -0.2) is 48.2 Å². The smallest absolute Gasteiger partial charge is 0.312 e. The Morgan fingerprint density at radius 1 is 1.50 bits per heavy atom. The molecule has 5 heteroatoms. The number of carbonyl (C=O) groups is 2. The average molecular weight is 201 g/mol. The van der Waals surface area contributed by atoms with Crippen molar-refractivity contribution < 1.29 is 19.4 Å². The van der Waals surface area contributed by atoms with Crippen molar-refractivity contribution in [3.63, 3.8) is 0 Å². The Hall–Kier alpha value is -1.10. The highest BCUT2D eigenvalue weighted by atomic mass is 16.5. The third-order valence-corrected chi connectivity index (χ3v) is 2.15. The van der Waals surface area contributed by atoms with Gasteiger partial charge in [-0.15, -0.1) is 0 Å². The maximum atomic E-state index is 11.4. The maximum Gasteiger partial charge on any atom is 0.312 e. The molecular formula is C9H15NO4. The molecular weight excluding hydrogens is 186 g/mol. The van der Waals surface area contributed by atoms with Crippen LogP contribution >= 0.6 is 0 Å².